The molecule has 0 spiro atoms. The molecule has 16 heavy (non-hydrogen) atoms. The number of nitro benzene ring substituents is 1. The molecule has 0 aromatic heterocycles. The summed E-state index contributed by atoms with van der Waals surface area (Å²) in [5.41, 5.74) is 0.891. The molecule has 2 rings (SSSR count). The monoisotopic (exact) mass is 217 g/mol. The molecular formula is C12H11NO3. The molecule has 0 aliphatic heterocycles. The van der Waals surface area contributed by atoms with Crippen molar-refractivity contribution in [3.8, 4) is 5.75 Å². The van der Waals surface area contributed by atoms with Gasteiger partial charge in [0, 0.05) is 11.5 Å². The molecule has 0 N–H and O–H groups in total. The second kappa shape index (κ2) is 3.81. The molecule has 82 valence electrons. The highest BCUT2D eigenvalue weighted by Crippen LogP contribution is 2.36. The van der Waals surface area contributed by atoms with Crippen LogP contribution in [0.3, 0.4) is 0 Å². The van der Waals surface area contributed by atoms with Gasteiger partial charge in [0.25, 0.3) is 0 Å². The lowest BCUT2D eigenvalue weighted by Crippen LogP contribution is -1.96. The fourth-order valence-corrected chi connectivity index (χ4v) is 1.86. The Labute approximate surface area is 92.6 Å². The van der Waals surface area contributed by atoms with Crippen LogP contribution in [0, 0.1) is 17.0 Å². The smallest absolute Gasteiger partial charge is 0.311 e. The van der Waals surface area contributed by atoms with E-state index in [1.54, 1.807) is 6.07 Å². The molecule has 0 saturated carbocycles. The summed E-state index contributed by atoms with van der Waals surface area (Å²) in [5.74, 6) is 0.325. The first kappa shape index (κ1) is 10.4. The van der Waals surface area contributed by atoms with Crippen molar-refractivity contribution in [1.82, 2.24) is 0 Å². The Morgan fingerprint density at radius 1 is 1.25 bits per heavy atom. The second-order valence-electron chi connectivity index (χ2n) is 3.55. The fraction of sp³-hybridized carbons (Fsp3) is 0.167. The summed E-state index contributed by atoms with van der Waals surface area (Å²) in [6, 6.07) is 9.04. The predicted octanol–water partition coefficient (Wildman–Crippen LogP) is 3.07. The number of benzene rings is 2. The van der Waals surface area contributed by atoms with Crippen molar-refractivity contribution in [3.05, 3.63) is 46.0 Å². The maximum atomic E-state index is 10.9. The van der Waals surface area contributed by atoms with Gasteiger partial charge in [0.15, 0.2) is 0 Å². The number of ether oxygens (including phenoxy) is 1. The van der Waals surface area contributed by atoms with E-state index in [0.717, 1.165) is 16.3 Å². The minimum Gasteiger partial charge on any atom is -0.490 e. The third-order valence-corrected chi connectivity index (χ3v) is 2.58. The molecule has 0 aliphatic rings. The topological polar surface area (TPSA) is 52.4 Å². The zero-order valence-corrected chi connectivity index (χ0v) is 9.06. The Morgan fingerprint density at radius 3 is 2.44 bits per heavy atom. The normalized spacial score (nSPS) is 10.4. The van der Waals surface area contributed by atoms with E-state index in [1.807, 2.05) is 31.2 Å². The van der Waals surface area contributed by atoms with Gasteiger partial charge in [0.05, 0.1) is 12.0 Å². The SMILES string of the molecule is COc1c([N+](=O)[O-])cc(C)c2ccccc12. The molecule has 2 aromatic rings. The van der Waals surface area contributed by atoms with E-state index in [2.05, 4.69) is 0 Å². The van der Waals surface area contributed by atoms with E-state index < -0.39 is 4.92 Å². The number of hydrogen-bond acceptors (Lipinski definition) is 3. The van der Waals surface area contributed by atoms with Crippen molar-refractivity contribution in [1.29, 1.82) is 0 Å². The van der Waals surface area contributed by atoms with Crippen LogP contribution in [0.2, 0.25) is 0 Å². The lowest BCUT2D eigenvalue weighted by Gasteiger charge is -2.08. The molecule has 0 bridgehead atoms. The molecule has 0 heterocycles. The Morgan fingerprint density at radius 2 is 1.88 bits per heavy atom. The first-order valence-electron chi connectivity index (χ1n) is 4.86. The van der Waals surface area contributed by atoms with Crippen molar-refractivity contribution in [2.24, 2.45) is 0 Å². The lowest BCUT2D eigenvalue weighted by molar-refractivity contribution is -0.385. The van der Waals surface area contributed by atoms with E-state index >= 15 is 0 Å². The average Bonchev–Trinajstić information content (AvgIpc) is 2.29. The van der Waals surface area contributed by atoms with Crippen LogP contribution in [0.1, 0.15) is 5.56 Å². The molecule has 2 aromatic carbocycles. The number of methoxy groups -OCH3 is 1. The zero-order valence-electron chi connectivity index (χ0n) is 9.06. The molecule has 0 amide bonds. The molecule has 4 heteroatoms. The van der Waals surface area contributed by atoms with Gasteiger partial charge in [-0.05, 0) is 17.9 Å². The van der Waals surface area contributed by atoms with Gasteiger partial charge in [0.2, 0.25) is 5.75 Å². The van der Waals surface area contributed by atoms with Crippen molar-refractivity contribution < 1.29 is 9.66 Å². The summed E-state index contributed by atoms with van der Waals surface area (Å²) in [7, 11) is 1.45. The van der Waals surface area contributed by atoms with Crippen LogP contribution in [-0.2, 0) is 0 Å². The van der Waals surface area contributed by atoms with Gasteiger partial charge in [0.1, 0.15) is 0 Å². The highest BCUT2D eigenvalue weighted by Gasteiger charge is 2.18. The summed E-state index contributed by atoms with van der Waals surface area (Å²) < 4.78 is 5.13. The van der Waals surface area contributed by atoms with Crippen molar-refractivity contribution in [2.75, 3.05) is 7.11 Å². The standard InChI is InChI=1S/C12H11NO3/c1-8-7-11(13(14)15)12(16-2)10-6-4-3-5-9(8)10/h3-7H,1-2H3. The zero-order chi connectivity index (χ0) is 11.7. The van der Waals surface area contributed by atoms with Crippen molar-refractivity contribution in [3.63, 3.8) is 0 Å². The molecule has 0 aliphatic carbocycles. The Kier molecular flexibility index (Phi) is 2.48. The summed E-state index contributed by atoms with van der Waals surface area (Å²) >= 11 is 0. The van der Waals surface area contributed by atoms with Gasteiger partial charge in [-0.2, -0.15) is 0 Å². The first-order chi connectivity index (χ1) is 7.65. The summed E-state index contributed by atoms with van der Waals surface area (Å²) in [6.45, 7) is 1.86. The number of nitro groups is 1. The third-order valence-electron chi connectivity index (χ3n) is 2.58. The maximum Gasteiger partial charge on any atom is 0.311 e. The lowest BCUT2D eigenvalue weighted by atomic mass is 10.0. The Hall–Kier alpha value is -2.10. The minimum absolute atomic E-state index is 0.0127. The fourth-order valence-electron chi connectivity index (χ4n) is 1.86. The third kappa shape index (κ3) is 1.48. The predicted molar refractivity (Wildman–Crippen MR) is 61.9 cm³/mol. The van der Waals surface area contributed by atoms with E-state index in [-0.39, 0.29) is 5.69 Å². The quantitative estimate of drug-likeness (QED) is 0.573. The molecule has 0 unspecified atom stereocenters. The molecule has 0 atom stereocenters. The van der Waals surface area contributed by atoms with Crippen LogP contribution in [0.15, 0.2) is 30.3 Å². The first-order valence-corrected chi connectivity index (χ1v) is 4.86. The van der Waals surface area contributed by atoms with Crippen LogP contribution < -0.4 is 4.74 Å². The van der Waals surface area contributed by atoms with Crippen molar-refractivity contribution >= 4 is 16.5 Å². The van der Waals surface area contributed by atoms with E-state index in [1.165, 1.54) is 7.11 Å². The second-order valence-corrected chi connectivity index (χ2v) is 3.55. The van der Waals surface area contributed by atoms with E-state index in [4.69, 9.17) is 4.74 Å². The molecular weight excluding hydrogens is 206 g/mol. The van der Waals surface area contributed by atoms with Gasteiger partial charge in [-0.15, -0.1) is 0 Å². The largest absolute Gasteiger partial charge is 0.490 e. The van der Waals surface area contributed by atoms with Crippen LogP contribution >= 0.6 is 0 Å². The van der Waals surface area contributed by atoms with Gasteiger partial charge >= 0.3 is 5.69 Å². The average molecular weight is 217 g/mol. The Balaban J connectivity index is 2.90. The number of rotatable bonds is 2. The Bertz CT molecular complexity index is 563. The van der Waals surface area contributed by atoms with Crippen LogP contribution in [0.5, 0.6) is 5.75 Å². The maximum absolute atomic E-state index is 10.9. The number of fused-ring (bicyclic) bond motifs is 1. The summed E-state index contributed by atoms with van der Waals surface area (Å²) in [6.07, 6.45) is 0. The summed E-state index contributed by atoms with van der Waals surface area (Å²) in [5, 5.41) is 12.7. The van der Waals surface area contributed by atoms with Gasteiger partial charge < -0.3 is 4.74 Å². The molecule has 0 fully saturated rings. The molecule has 0 radical (unpaired) electrons. The van der Waals surface area contributed by atoms with Crippen LogP contribution in [-0.4, -0.2) is 12.0 Å². The van der Waals surface area contributed by atoms with Gasteiger partial charge in [-0.3, -0.25) is 10.1 Å². The number of aryl methyl sites for hydroxylation is 1. The van der Waals surface area contributed by atoms with Gasteiger partial charge in [-0.25, -0.2) is 0 Å². The number of hydrogen-bond donors (Lipinski definition) is 0. The van der Waals surface area contributed by atoms with E-state index in [9.17, 15) is 10.1 Å². The molecule has 0 saturated heterocycles. The van der Waals surface area contributed by atoms with Crippen LogP contribution in [0.4, 0.5) is 5.69 Å². The van der Waals surface area contributed by atoms with Crippen LogP contribution in [0.25, 0.3) is 10.8 Å². The highest BCUT2D eigenvalue weighted by molar-refractivity contribution is 5.94. The minimum atomic E-state index is -0.418. The van der Waals surface area contributed by atoms with Gasteiger partial charge in [-0.1, -0.05) is 24.3 Å². The highest BCUT2D eigenvalue weighted by atomic mass is 16.6. The number of nitrogens with zero attached hydrogens (tertiary/aromatic N) is 1. The van der Waals surface area contributed by atoms with E-state index in [0.29, 0.717) is 5.75 Å². The molecule has 4 nitrogen and oxygen atoms in total. The van der Waals surface area contributed by atoms with Crippen molar-refractivity contribution in [2.45, 2.75) is 6.92 Å². The summed E-state index contributed by atoms with van der Waals surface area (Å²) in [4.78, 5) is 10.5.